The molecule has 0 heterocycles. The van der Waals surface area contributed by atoms with Gasteiger partial charge in [-0.3, -0.25) is 0 Å². The van der Waals surface area contributed by atoms with E-state index in [1.807, 2.05) is 12.2 Å². The number of hydrogen-bond acceptors (Lipinski definition) is 2. The van der Waals surface area contributed by atoms with E-state index in [1.54, 1.807) is 0 Å². The molecule has 2 aliphatic carbocycles. The number of nitrogens with zero attached hydrogens (tertiary/aromatic N) is 2. The Morgan fingerprint density at radius 1 is 0.302 bits per heavy atom. The number of hydrogen-bond donors (Lipinski definition) is 0. The van der Waals surface area contributed by atoms with Crippen LogP contribution in [0.4, 0.5) is 34.1 Å². The van der Waals surface area contributed by atoms with E-state index in [2.05, 4.69) is 374 Å². The van der Waals surface area contributed by atoms with Crippen molar-refractivity contribution in [3.8, 4) is 44.5 Å². The predicted molar refractivity (Wildman–Crippen MR) is 409 cm³/mol. The first-order valence-electron chi connectivity index (χ1n) is 33.7. The fourth-order valence-electron chi connectivity index (χ4n) is 15.7. The fraction of sp³-hybridized carbons (Fsp3) is 0.106. The third-order valence-corrected chi connectivity index (χ3v) is 20.5. The van der Waals surface area contributed by atoms with E-state index in [4.69, 9.17) is 0 Å². The van der Waals surface area contributed by atoms with Crippen molar-refractivity contribution < 1.29 is 0 Å². The van der Waals surface area contributed by atoms with Crippen LogP contribution in [0.1, 0.15) is 109 Å². The minimum absolute atomic E-state index is 0.0000578. The molecule has 16 rings (SSSR count). The highest BCUT2D eigenvalue weighted by Crippen LogP contribution is 2.59. The molecule has 2 atom stereocenters. The molecular weight excluding hydrogens is 1160 g/mol. The third-order valence-electron chi connectivity index (χ3n) is 20.5. The molecule has 0 saturated carbocycles. The summed E-state index contributed by atoms with van der Waals surface area (Å²) in [6.45, 7) is 22.1. The molecule has 14 aromatic carbocycles. The van der Waals surface area contributed by atoms with Crippen LogP contribution in [0.3, 0.4) is 0 Å². The predicted octanol–water partition coefficient (Wildman–Crippen LogP) is 25.7. The van der Waals surface area contributed by atoms with Gasteiger partial charge in [0.1, 0.15) is 0 Å². The van der Waals surface area contributed by atoms with Crippen LogP contribution in [0, 0.1) is 0 Å². The van der Waals surface area contributed by atoms with Gasteiger partial charge in [-0.25, -0.2) is 0 Å². The average molecular weight is 1230 g/mol. The van der Waals surface area contributed by atoms with Gasteiger partial charge < -0.3 is 9.80 Å². The average Bonchev–Trinajstić information content (AvgIpc) is 1.52. The highest BCUT2D eigenvalue weighted by Gasteiger charge is 2.47. The Morgan fingerprint density at radius 2 is 0.771 bits per heavy atom. The normalized spacial score (nSPS) is 14.6. The smallest absolute Gasteiger partial charge is 0.0714 e. The summed E-state index contributed by atoms with van der Waals surface area (Å²) in [4.78, 5) is 4.95. The Morgan fingerprint density at radius 3 is 1.36 bits per heavy atom. The van der Waals surface area contributed by atoms with Gasteiger partial charge >= 0.3 is 0 Å². The minimum atomic E-state index is -0.619. The van der Waals surface area contributed by atoms with E-state index in [9.17, 15) is 0 Å². The molecule has 0 aliphatic heterocycles. The van der Waals surface area contributed by atoms with E-state index < -0.39 is 5.41 Å². The van der Waals surface area contributed by atoms with Crippen LogP contribution in [-0.2, 0) is 16.2 Å². The lowest BCUT2D eigenvalue weighted by Crippen LogP contribution is -2.29. The van der Waals surface area contributed by atoms with E-state index >= 15 is 0 Å². The molecule has 0 aromatic heterocycles. The number of para-hydroxylation sites is 2. The van der Waals surface area contributed by atoms with E-state index in [-0.39, 0.29) is 16.7 Å². The Bertz CT molecular complexity index is 5350. The highest BCUT2D eigenvalue weighted by atomic mass is 15.1. The Hall–Kier alpha value is -11.3. The number of benzene rings is 14. The first-order valence-corrected chi connectivity index (χ1v) is 33.7. The molecule has 2 heteroatoms. The van der Waals surface area contributed by atoms with Crippen LogP contribution in [0.15, 0.2) is 323 Å². The molecule has 2 nitrogen and oxygen atoms in total. The lowest BCUT2D eigenvalue weighted by Gasteiger charge is -2.35. The standard InChI is InChI=1S/C94H76N2/c1-9-62-40-42-66(43-41-62)94(67-46-44-65(45-47-67)92(3,4)5)87-39-24-23-35-79(87)80-53-50-72(61-88(80)94)96(70-30-15-12-16-31-70)90-57-55-77(74-33-18-21-37-82(74)90)76-54-56-89(81-36-20-17-32-73(76)81)95(69-28-13-11-14-29-69)71-49-52-78-75-34-19-22-38-83(75)91(86(78)60-71)84-51-48-68(93(6,7)8)59-85(84)64-27-25-26-63(10-2)58-64/h9-61,91H,1-2H2,3-8H3. The second-order valence-corrected chi connectivity index (χ2v) is 28.0. The Kier molecular flexibility index (Phi) is 14.7. The molecule has 0 N–H and O–H groups in total. The molecule has 0 spiro atoms. The van der Waals surface area contributed by atoms with Crippen molar-refractivity contribution in [2.45, 2.75) is 63.7 Å². The maximum Gasteiger partial charge on any atom is 0.0714 e. The van der Waals surface area contributed by atoms with Gasteiger partial charge in [0, 0.05) is 39.4 Å². The van der Waals surface area contributed by atoms with Crippen molar-refractivity contribution in [3.63, 3.8) is 0 Å². The Balaban J connectivity index is 0.845. The molecular formula is C94H76N2. The van der Waals surface area contributed by atoms with E-state index in [1.165, 1.54) is 105 Å². The molecule has 2 unspecified atom stereocenters. The van der Waals surface area contributed by atoms with Crippen LogP contribution < -0.4 is 9.80 Å². The summed E-state index contributed by atoms with van der Waals surface area (Å²) in [6, 6.07) is 116. The van der Waals surface area contributed by atoms with Gasteiger partial charge in [0.15, 0.2) is 0 Å². The molecule has 462 valence electrons. The zero-order valence-electron chi connectivity index (χ0n) is 55.5. The second kappa shape index (κ2) is 23.6. The van der Waals surface area contributed by atoms with E-state index in [0.717, 1.165) is 56.0 Å². The lowest BCUT2D eigenvalue weighted by molar-refractivity contribution is 0.589. The quantitative estimate of drug-likeness (QED) is 0.114. The number of fused-ring (bicyclic) bond motifs is 8. The van der Waals surface area contributed by atoms with Crippen LogP contribution in [0.5, 0.6) is 0 Å². The van der Waals surface area contributed by atoms with Crippen molar-refractivity contribution >= 4 is 67.8 Å². The van der Waals surface area contributed by atoms with Crippen molar-refractivity contribution in [1.29, 1.82) is 0 Å². The van der Waals surface area contributed by atoms with Crippen LogP contribution >= 0.6 is 0 Å². The first kappa shape index (κ1) is 59.7. The van der Waals surface area contributed by atoms with Gasteiger partial charge in [0.05, 0.1) is 16.8 Å². The number of rotatable bonds is 13. The van der Waals surface area contributed by atoms with Crippen molar-refractivity contribution in [2.24, 2.45) is 0 Å². The SMILES string of the molecule is C=Cc1ccc(C2(c3ccc(C(C)(C)C)cc3)c3ccccc3-c3ccc(N(c4ccccc4)c4ccc(-c5ccc(N(c6ccccc6)c6ccc7c(c6)C(c6ccc(C(C)(C)C)cc6-c6cccc(C=C)c6)c6ccccc6-7)c6ccccc56)c5ccccc45)cc32)cc1. The molecule has 0 saturated heterocycles. The zero-order valence-corrected chi connectivity index (χ0v) is 55.5. The van der Waals surface area contributed by atoms with Crippen molar-refractivity contribution in [3.05, 3.63) is 384 Å². The summed E-state index contributed by atoms with van der Waals surface area (Å²) in [5.74, 6) is -0.0104. The fourth-order valence-corrected chi connectivity index (χ4v) is 15.7. The maximum absolute atomic E-state index is 4.17. The van der Waals surface area contributed by atoms with Crippen molar-refractivity contribution in [1.82, 2.24) is 0 Å². The largest absolute Gasteiger partial charge is 0.310 e. The summed E-state index contributed by atoms with van der Waals surface area (Å²) in [5.41, 5.74) is 29.5. The van der Waals surface area contributed by atoms with Gasteiger partial charge in [-0.15, -0.1) is 0 Å². The van der Waals surface area contributed by atoms with Crippen LogP contribution in [-0.4, -0.2) is 0 Å². The summed E-state index contributed by atoms with van der Waals surface area (Å²) < 4.78 is 0. The summed E-state index contributed by atoms with van der Waals surface area (Å²) in [6.07, 6.45) is 3.89. The van der Waals surface area contributed by atoms with Gasteiger partial charge in [0.2, 0.25) is 0 Å². The first-order chi connectivity index (χ1) is 46.8. The number of anilines is 6. The molecule has 0 amide bonds. The summed E-state index contributed by atoms with van der Waals surface area (Å²) >= 11 is 0. The lowest BCUT2D eigenvalue weighted by atomic mass is 9.67. The van der Waals surface area contributed by atoms with Crippen LogP contribution in [0.2, 0.25) is 0 Å². The second-order valence-electron chi connectivity index (χ2n) is 28.0. The third kappa shape index (κ3) is 9.93. The summed E-state index contributed by atoms with van der Waals surface area (Å²) in [7, 11) is 0. The molecule has 0 radical (unpaired) electrons. The zero-order chi connectivity index (χ0) is 65.5. The molecule has 2 aliphatic rings. The topological polar surface area (TPSA) is 6.48 Å². The minimum Gasteiger partial charge on any atom is -0.310 e. The van der Waals surface area contributed by atoms with Crippen molar-refractivity contribution in [2.75, 3.05) is 9.80 Å². The molecule has 96 heavy (non-hydrogen) atoms. The van der Waals surface area contributed by atoms with Crippen LogP contribution in [0.25, 0.3) is 78.2 Å². The Labute approximate surface area is 566 Å². The maximum atomic E-state index is 4.17. The molecule has 0 fully saturated rings. The van der Waals surface area contributed by atoms with Gasteiger partial charge in [0.25, 0.3) is 0 Å². The molecule has 14 aromatic rings. The van der Waals surface area contributed by atoms with Gasteiger partial charge in [-0.2, -0.15) is 0 Å². The van der Waals surface area contributed by atoms with Gasteiger partial charge in [-0.05, 0) is 194 Å². The molecule has 0 bridgehead atoms. The van der Waals surface area contributed by atoms with E-state index in [0.29, 0.717) is 0 Å². The highest BCUT2D eigenvalue weighted by molar-refractivity contribution is 6.13. The van der Waals surface area contributed by atoms with Gasteiger partial charge in [-0.1, -0.05) is 310 Å². The summed E-state index contributed by atoms with van der Waals surface area (Å²) in [5, 5.41) is 4.67. The monoisotopic (exact) mass is 1230 g/mol.